The smallest absolute Gasteiger partial charge is 0.160 e. The molecular weight excluding hydrogens is 274 g/mol. The fourth-order valence-corrected chi connectivity index (χ4v) is 4.71. The lowest BCUT2D eigenvalue weighted by atomic mass is 10.0. The lowest BCUT2D eigenvalue weighted by Crippen LogP contribution is -2.25. The average molecular weight is 297 g/mol. The van der Waals surface area contributed by atoms with E-state index in [0.717, 1.165) is 31.4 Å². The van der Waals surface area contributed by atoms with Gasteiger partial charge in [-0.15, -0.1) is 0 Å². The van der Waals surface area contributed by atoms with E-state index in [0.29, 0.717) is 18.3 Å². The van der Waals surface area contributed by atoms with Gasteiger partial charge in [0.2, 0.25) is 0 Å². The number of nitrogens with one attached hydrogen (secondary N) is 1. The number of furan rings is 1. The van der Waals surface area contributed by atoms with Crippen molar-refractivity contribution < 1.29 is 12.8 Å². The third-order valence-electron chi connectivity index (χ3n) is 4.26. The first-order valence-corrected chi connectivity index (χ1v) is 9.37. The van der Waals surface area contributed by atoms with Gasteiger partial charge in [0.1, 0.15) is 17.3 Å². The number of hydrogen-bond acceptors (Lipinski definition) is 4. The van der Waals surface area contributed by atoms with Crippen LogP contribution in [0.4, 0.5) is 0 Å². The zero-order valence-corrected chi connectivity index (χ0v) is 12.6. The SMILES string of the molecule is O=S(=O)(Cc1ccc(CNC2CC2)o1)C1CCCCC1. The van der Waals surface area contributed by atoms with Crippen molar-refractivity contribution in [2.45, 2.75) is 68.5 Å². The number of rotatable bonds is 6. The second-order valence-corrected chi connectivity index (χ2v) is 8.37. The Bertz CT molecular complexity index is 539. The maximum atomic E-state index is 12.4. The van der Waals surface area contributed by atoms with E-state index >= 15 is 0 Å². The second kappa shape index (κ2) is 5.90. The summed E-state index contributed by atoms with van der Waals surface area (Å²) in [5.41, 5.74) is 0. The fourth-order valence-electron chi connectivity index (χ4n) is 2.87. The van der Waals surface area contributed by atoms with Gasteiger partial charge in [0.05, 0.1) is 11.8 Å². The first-order chi connectivity index (χ1) is 9.63. The van der Waals surface area contributed by atoms with Gasteiger partial charge in [-0.25, -0.2) is 8.42 Å². The highest BCUT2D eigenvalue weighted by Gasteiger charge is 2.28. The molecule has 0 bridgehead atoms. The Hall–Kier alpha value is -0.810. The van der Waals surface area contributed by atoms with Crippen molar-refractivity contribution in [1.82, 2.24) is 5.32 Å². The maximum Gasteiger partial charge on any atom is 0.160 e. The van der Waals surface area contributed by atoms with E-state index in [1.54, 1.807) is 0 Å². The van der Waals surface area contributed by atoms with Crippen LogP contribution in [-0.2, 0) is 22.1 Å². The lowest BCUT2D eigenvalue weighted by Gasteiger charge is -2.21. The van der Waals surface area contributed by atoms with Crippen LogP contribution >= 0.6 is 0 Å². The molecule has 1 aromatic heterocycles. The van der Waals surface area contributed by atoms with Crippen LogP contribution in [0.3, 0.4) is 0 Å². The largest absolute Gasteiger partial charge is 0.464 e. The van der Waals surface area contributed by atoms with Crippen molar-refractivity contribution in [2.24, 2.45) is 0 Å². The van der Waals surface area contributed by atoms with Crippen LogP contribution in [0, 0.1) is 0 Å². The van der Waals surface area contributed by atoms with Crippen LogP contribution in [-0.4, -0.2) is 19.7 Å². The molecule has 3 rings (SSSR count). The molecule has 1 heterocycles. The average Bonchev–Trinajstić information content (AvgIpc) is 3.18. The fraction of sp³-hybridized carbons (Fsp3) is 0.733. The van der Waals surface area contributed by atoms with Crippen molar-refractivity contribution in [3.05, 3.63) is 23.7 Å². The molecular formula is C15H23NO3S. The highest BCUT2D eigenvalue weighted by Crippen LogP contribution is 2.26. The molecule has 1 N–H and O–H groups in total. The van der Waals surface area contributed by atoms with Crippen molar-refractivity contribution in [1.29, 1.82) is 0 Å². The predicted octanol–water partition coefficient (Wildman–Crippen LogP) is 2.78. The molecule has 0 spiro atoms. The summed E-state index contributed by atoms with van der Waals surface area (Å²) in [4.78, 5) is 0. The second-order valence-electron chi connectivity index (χ2n) is 6.09. The molecule has 2 aliphatic rings. The van der Waals surface area contributed by atoms with E-state index in [1.165, 1.54) is 19.3 Å². The molecule has 2 saturated carbocycles. The molecule has 2 fully saturated rings. The van der Waals surface area contributed by atoms with E-state index in [2.05, 4.69) is 5.32 Å². The van der Waals surface area contributed by atoms with Gasteiger partial charge in [0.15, 0.2) is 9.84 Å². The van der Waals surface area contributed by atoms with Gasteiger partial charge in [0.25, 0.3) is 0 Å². The Kier molecular flexibility index (Phi) is 4.17. The standard InChI is InChI=1S/C15H23NO3S/c17-20(18,15-4-2-1-3-5-15)11-14-9-8-13(19-14)10-16-12-6-7-12/h8-9,12,15-16H,1-7,10-11H2. The van der Waals surface area contributed by atoms with E-state index < -0.39 is 9.84 Å². The summed E-state index contributed by atoms with van der Waals surface area (Å²) >= 11 is 0. The van der Waals surface area contributed by atoms with E-state index in [-0.39, 0.29) is 11.0 Å². The molecule has 2 aliphatic carbocycles. The van der Waals surface area contributed by atoms with Gasteiger partial charge in [0, 0.05) is 6.04 Å². The molecule has 0 aliphatic heterocycles. The molecule has 5 heteroatoms. The van der Waals surface area contributed by atoms with Crippen LogP contribution in [0.25, 0.3) is 0 Å². The first-order valence-electron chi connectivity index (χ1n) is 7.66. The number of hydrogen-bond donors (Lipinski definition) is 1. The van der Waals surface area contributed by atoms with Crippen LogP contribution in [0.2, 0.25) is 0 Å². The monoisotopic (exact) mass is 297 g/mol. The third-order valence-corrected chi connectivity index (χ3v) is 6.44. The van der Waals surface area contributed by atoms with Crippen molar-refractivity contribution in [2.75, 3.05) is 0 Å². The lowest BCUT2D eigenvalue weighted by molar-refractivity contribution is 0.449. The zero-order valence-electron chi connectivity index (χ0n) is 11.8. The van der Waals surface area contributed by atoms with Crippen LogP contribution in [0.5, 0.6) is 0 Å². The van der Waals surface area contributed by atoms with Gasteiger partial charge >= 0.3 is 0 Å². The minimum atomic E-state index is -3.06. The highest BCUT2D eigenvalue weighted by molar-refractivity contribution is 7.91. The molecule has 0 saturated heterocycles. The summed E-state index contributed by atoms with van der Waals surface area (Å²) < 4.78 is 30.4. The van der Waals surface area contributed by atoms with Gasteiger partial charge in [-0.2, -0.15) is 0 Å². The van der Waals surface area contributed by atoms with Crippen LogP contribution in [0.1, 0.15) is 56.5 Å². The highest BCUT2D eigenvalue weighted by atomic mass is 32.2. The molecule has 0 radical (unpaired) electrons. The van der Waals surface area contributed by atoms with E-state index in [1.807, 2.05) is 12.1 Å². The first kappa shape index (κ1) is 14.1. The van der Waals surface area contributed by atoms with Crippen molar-refractivity contribution in [3.63, 3.8) is 0 Å². The van der Waals surface area contributed by atoms with E-state index in [9.17, 15) is 8.42 Å². The van der Waals surface area contributed by atoms with Crippen LogP contribution in [0.15, 0.2) is 16.5 Å². The van der Waals surface area contributed by atoms with E-state index in [4.69, 9.17) is 4.42 Å². The Labute approximate surface area is 120 Å². The summed E-state index contributed by atoms with van der Waals surface area (Å²) in [7, 11) is -3.06. The normalized spacial score (nSPS) is 21.2. The molecule has 4 nitrogen and oxygen atoms in total. The van der Waals surface area contributed by atoms with Gasteiger partial charge in [-0.1, -0.05) is 19.3 Å². The van der Waals surface area contributed by atoms with Gasteiger partial charge < -0.3 is 9.73 Å². The molecule has 20 heavy (non-hydrogen) atoms. The van der Waals surface area contributed by atoms with Crippen molar-refractivity contribution >= 4 is 9.84 Å². The minimum Gasteiger partial charge on any atom is -0.464 e. The molecule has 0 aromatic carbocycles. The minimum absolute atomic E-state index is 0.0566. The quantitative estimate of drug-likeness (QED) is 0.877. The Morgan fingerprint density at radius 3 is 2.45 bits per heavy atom. The Morgan fingerprint density at radius 2 is 1.75 bits per heavy atom. The summed E-state index contributed by atoms with van der Waals surface area (Å²) in [5.74, 6) is 1.48. The molecule has 1 aromatic rings. The van der Waals surface area contributed by atoms with Gasteiger partial charge in [-0.05, 0) is 37.8 Å². The summed E-state index contributed by atoms with van der Waals surface area (Å²) in [6.07, 6.45) is 7.37. The molecule has 0 amide bonds. The third kappa shape index (κ3) is 3.64. The molecule has 0 atom stereocenters. The predicted molar refractivity (Wildman–Crippen MR) is 78.1 cm³/mol. The maximum absolute atomic E-state index is 12.4. The summed E-state index contributed by atoms with van der Waals surface area (Å²) in [5, 5.41) is 3.21. The molecule has 112 valence electrons. The van der Waals surface area contributed by atoms with Crippen LogP contribution < -0.4 is 5.32 Å². The Morgan fingerprint density at radius 1 is 1.05 bits per heavy atom. The van der Waals surface area contributed by atoms with Crippen molar-refractivity contribution in [3.8, 4) is 0 Å². The Balaban J connectivity index is 1.58. The number of sulfone groups is 1. The summed E-state index contributed by atoms with van der Waals surface area (Å²) in [6.45, 7) is 0.703. The topological polar surface area (TPSA) is 59.3 Å². The zero-order chi connectivity index (χ0) is 14.0. The summed E-state index contributed by atoms with van der Waals surface area (Å²) in [6, 6.07) is 4.33. The van der Waals surface area contributed by atoms with Gasteiger partial charge in [-0.3, -0.25) is 0 Å². The molecule has 0 unspecified atom stereocenters.